The van der Waals surface area contributed by atoms with E-state index in [4.69, 9.17) is 16.3 Å². The largest absolute Gasteiger partial charge is 0.447 e. The monoisotopic (exact) mass is 499 g/mol. The molecule has 3 aromatic rings. The number of imidazole rings is 1. The fourth-order valence-corrected chi connectivity index (χ4v) is 4.01. The molecule has 0 bridgehead atoms. The predicted octanol–water partition coefficient (Wildman–Crippen LogP) is 3.75. The Morgan fingerprint density at radius 2 is 1.97 bits per heavy atom. The topological polar surface area (TPSA) is 130 Å². The summed E-state index contributed by atoms with van der Waals surface area (Å²) in [6.45, 7) is 5.99. The van der Waals surface area contributed by atoms with Gasteiger partial charge in [0.2, 0.25) is 11.7 Å². The summed E-state index contributed by atoms with van der Waals surface area (Å²) < 4.78 is 6.75. The number of anilines is 2. The highest BCUT2D eigenvalue weighted by atomic mass is 35.5. The molecule has 4 amide bonds. The van der Waals surface area contributed by atoms with Crippen LogP contribution < -0.4 is 16.0 Å². The standard InChI is InChI=1S/C23H26ClN7O4/c1-13(2)35-23(34)28-17-9-25-21-29-20(12-31(21)11-17)18-8-15(4-5-19(18)24)27-22(33)30-7-6-16(10-30)26-14(3)32/h4-5,8-9,11-13,16H,6-7,10H2,1-3H3,(H,26,32)(H,27,33)(H,28,34)/t16-/m1/s1. The van der Waals surface area contributed by atoms with E-state index in [9.17, 15) is 14.4 Å². The average Bonchev–Trinajstić information content (AvgIpc) is 3.40. The minimum Gasteiger partial charge on any atom is -0.447 e. The van der Waals surface area contributed by atoms with Crippen molar-refractivity contribution in [2.45, 2.75) is 39.3 Å². The van der Waals surface area contributed by atoms with Gasteiger partial charge in [-0.15, -0.1) is 0 Å². The van der Waals surface area contributed by atoms with Crippen molar-refractivity contribution in [3.05, 3.63) is 41.8 Å². The Bertz CT molecular complexity index is 1280. The molecule has 0 saturated carbocycles. The molecule has 0 unspecified atom stereocenters. The molecule has 0 aliphatic carbocycles. The maximum absolute atomic E-state index is 12.7. The smallest absolute Gasteiger partial charge is 0.411 e. The van der Waals surface area contributed by atoms with Gasteiger partial charge in [0.1, 0.15) is 0 Å². The van der Waals surface area contributed by atoms with E-state index in [1.54, 1.807) is 53.7 Å². The van der Waals surface area contributed by atoms with Gasteiger partial charge in [-0.1, -0.05) is 11.6 Å². The number of fused-ring (bicyclic) bond motifs is 1. The molecular weight excluding hydrogens is 474 g/mol. The number of hydrogen-bond donors (Lipinski definition) is 3. The number of carbonyl (C=O) groups is 3. The minimum atomic E-state index is -0.575. The molecule has 35 heavy (non-hydrogen) atoms. The number of amides is 4. The molecule has 0 spiro atoms. The molecule has 0 radical (unpaired) electrons. The number of urea groups is 1. The number of carbonyl (C=O) groups excluding carboxylic acids is 3. The third-order valence-corrected chi connectivity index (χ3v) is 5.61. The molecule has 3 N–H and O–H groups in total. The summed E-state index contributed by atoms with van der Waals surface area (Å²) in [5.41, 5.74) is 2.16. The van der Waals surface area contributed by atoms with Gasteiger partial charge >= 0.3 is 12.1 Å². The van der Waals surface area contributed by atoms with Crippen LogP contribution in [-0.2, 0) is 9.53 Å². The van der Waals surface area contributed by atoms with Gasteiger partial charge in [0.15, 0.2) is 0 Å². The quantitative estimate of drug-likeness (QED) is 0.490. The van der Waals surface area contributed by atoms with Crippen LogP contribution in [0.15, 0.2) is 36.8 Å². The predicted molar refractivity (Wildman–Crippen MR) is 131 cm³/mol. The lowest BCUT2D eigenvalue weighted by Gasteiger charge is -2.18. The summed E-state index contributed by atoms with van der Waals surface area (Å²) in [6.07, 6.45) is 4.76. The van der Waals surface area contributed by atoms with Gasteiger partial charge in [-0.25, -0.2) is 19.6 Å². The van der Waals surface area contributed by atoms with Crippen LogP contribution in [0.2, 0.25) is 5.02 Å². The summed E-state index contributed by atoms with van der Waals surface area (Å²) >= 11 is 6.43. The van der Waals surface area contributed by atoms with Crippen molar-refractivity contribution in [1.82, 2.24) is 24.6 Å². The number of rotatable bonds is 5. The summed E-state index contributed by atoms with van der Waals surface area (Å²) in [5.74, 6) is 0.300. The first-order chi connectivity index (χ1) is 16.7. The number of hydrogen-bond acceptors (Lipinski definition) is 6. The molecule has 1 aliphatic heterocycles. The minimum absolute atomic E-state index is 0.0453. The highest BCUT2D eigenvalue weighted by Crippen LogP contribution is 2.30. The zero-order valence-corrected chi connectivity index (χ0v) is 20.3. The molecule has 11 nitrogen and oxygen atoms in total. The summed E-state index contributed by atoms with van der Waals surface area (Å²) in [6, 6.07) is 4.83. The van der Waals surface area contributed by atoms with Crippen molar-refractivity contribution in [2.75, 3.05) is 23.7 Å². The van der Waals surface area contributed by atoms with Crippen molar-refractivity contribution in [3.63, 3.8) is 0 Å². The van der Waals surface area contributed by atoms with Gasteiger partial charge < -0.3 is 20.3 Å². The number of benzene rings is 1. The normalized spacial score (nSPS) is 15.3. The Labute approximate surface area is 206 Å². The Kier molecular flexibility index (Phi) is 7.06. The molecule has 3 heterocycles. The number of halogens is 1. The van der Waals surface area contributed by atoms with E-state index in [1.807, 2.05) is 0 Å². The van der Waals surface area contributed by atoms with Gasteiger partial charge in [0.25, 0.3) is 0 Å². The zero-order valence-electron chi connectivity index (χ0n) is 19.5. The van der Waals surface area contributed by atoms with Crippen molar-refractivity contribution in [2.24, 2.45) is 0 Å². The van der Waals surface area contributed by atoms with E-state index in [0.717, 1.165) is 0 Å². The van der Waals surface area contributed by atoms with Gasteiger partial charge in [-0.2, -0.15) is 0 Å². The summed E-state index contributed by atoms with van der Waals surface area (Å²) in [5, 5.41) is 8.80. The second-order valence-corrected chi connectivity index (χ2v) is 8.92. The van der Waals surface area contributed by atoms with E-state index in [1.165, 1.54) is 13.1 Å². The second kappa shape index (κ2) is 10.2. The Morgan fingerprint density at radius 3 is 2.71 bits per heavy atom. The first kappa shape index (κ1) is 24.3. The first-order valence-electron chi connectivity index (χ1n) is 11.1. The molecule has 12 heteroatoms. The van der Waals surface area contributed by atoms with E-state index in [-0.39, 0.29) is 24.1 Å². The fraction of sp³-hybridized carbons (Fsp3) is 0.348. The molecule has 1 saturated heterocycles. The van der Waals surface area contributed by atoms with Crippen LogP contribution in [0.4, 0.5) is 21.0 Å². The molecular formula is C23H26ClN7O4. The van der Waals surface area contributed by atoms with E-state index in [2.05, 4.69) is 25.9 Å². The van der Waals surface area contributed by atoms with Crippen molar-refractivity contribution in [3.8, 4) is 11.3 Å². The Morgan fingerprint density at radius 1 is 1.17 bits per heavy atom. The number of ether oxygens (including phenoxy) is 1. The number of aromatic nitrogens is 3. The Hall–Kier alpha value is -3.86. The van der Waals surface area contributed by atoms with Crippen LogP contribution in [0.5, 0.6) is 0 Å². The molecule has 1 atom stereocenters. The molecule has 1 fully saturated rings. The lowest BCUT2D eigenvalue weighted by atomic mass is 10.1. The van der Waals surface area contributed by atoms with Crippen LogP contribution in [-0.4, -0.2) is 62.5 Å². The number of nitrogens with one attached hydrogen (secondary N) is 3. The SMILES string of the molecule is CC(=O)N[C@@H]1CCN(C(=O)Nc2ccc(Cl)c(-c3cn4cc(NC(=O)OC(C)C)cnc4n3)c2)C1. The first-order valence-corrected chi connectivity index (χ1v) is 11.5. The van der Waals surface area contributed by atoms with E-state index >= 15 is 0 Å². The zero-order chi connectivity index (χ0) is 25.1. The molecule has 1 aliphatic rings. The van der Waals surface area contributed by atoms with Crippen molar-refractivity contribution < 1.29 is 19.1 Å². The van der Waals surface area contributed by atoms with Crippen LogP contribution in [0, 0.1) is 0 Å². The lowest BCUT2D eigenvalue weighted by molar-refractivity contribution is -0.119. The van der Waals surface area contributed by atoms with E-state index < -0.39 is 6.09 Å². The van der Waals surface area contributed by atoms with Crippen LogP contribution >= 0.6 is 11.6 Å². The molecule has 4 rings (SSSR count). The summed E-state index contributed by atoms with van der Waals surface area (Å²) in [4.78, 5) is 46.3. The maximum Gasteiger partial charge on any atom is 0.411 e. The average molecular weight is 500 g/mol. The van der Waals surface area contributed by atoms with Gasteiger partial charge in [0, 0.05) is 49.7 Å². The lowest BCUT2D eigenvalue weighted by Crippen LogP contribution is -2.38. The third kappa shape index (κ3) is 5.99. The molecule has 184 valence electrons. The van der Waals surface area contributed by atoms with Gasteiger partial charge in [-0.3, -0.25) is 14.5 Å². The third-order valence-electron chi connectivity index (χ3n) is 5.28. The van der Waals surface area contributed by atoms with E-state index in [0.29, 0.717) is 52.9 Å². The second-order valence-electron chi connectivity index (χ2n) is 8.51. The summed E-state index contributed by atoms with van der Waals surface area (Å²) in [7, 11) is 0. The van der Waals surface area contributed by atoms with Crippen LogP contribution in [0.3, 0.4) is 0 Å². The van der Waals surface area contributed by atoms with Crippen molar-refractivity contribution in [1.29, 1.82) is 0 Å². The van der Waals surface area contributed by atoms with Crippen LogP contribution in [0.1, 0.15) is 27.2 Å². The highest BCUT2D eigenvalue weighted by molar-refractivity contribution is 6.33. The number of nitrogens with zero attached hydrogens (tertiary/aromatic N) is 4. The van der Waals surface area contributed by atoms with Crippen LogP contribution in [0.25, 0.3) is 17.0 Å². The van der Waals surface area contributed by atoms with Gasteiger partial charge in [0.05, 0.1) is 28.7 Å². The maximum atomic E-state index is 12.7. The van der Waals surface area contributed by atoms with Crippen molar-refractivity contribution >= 4 is 46.8 Å². The van der Waals surface area contributed by atoms with Gasteiger partial charge in [-0.05, 0) is 38.5 Å². The highest BCUT2D eigenvalue weighted by Gasteiger charge is 2.26. The fourth-order valence-electron chi connectivity index (χ4n) is 3.79. The molecule has 2 aromatic heterocycles. The number of likely N-dealkylation sites (tertiary alicyclic amines) is 1. The Balaban J connectivity index is 1.49. The molecule has 1 aromatic carbocycles.